The zero-order chi connectivity index (χ0) is 16.2. The van der Waals surface area contributed by atoms with Crippen molar-refractivity contribution in [2.75, 3.05) is 0 Å². The molecule has 5 nitrogen and oxygen atoms in total. The van der Waals surface area contributed by atoms with Crippen molar-refractivity contribution in [2.45, 2.75) is 13.2 Å². The van der Waals surface area contributed by atoms with Gasteiger partial charge in [0.05, 0.1) is 5.69 Å². The van der Waals surface area contributed by atoms with Gasteiger partial charge in [0.1, 0.15) is 30.2 Å². The molecule has 0 spiro atoms. The van der Waals surface area contributed by atoms with E-state index >= 15 is 0 Å². The first kappa shape index (κ1) is 15.7. The molecule has 1 N–H and O–H groups in total. The topological polar surface area (TPSA) is 72.6 Å². The highest BCUT2D eigenvalue weighted by atomic mass is 35.5. The summed E-state index contributed by atoms with van der Waals surface area (Å²) in [5.74, 6) is 0.272. The molecule has 0 bridgehead atoms. The largest absolute Gasteiger partial charge is 0.479 e. The minimum atomic E-state index is -0.344. The fourth-order valence-electron chi connectivity index (χ4n) is 1.94. The molecule has 0 saturated heterocycles. The van der Waals surface area contributed by atoms with Gasteiger partial charge in [-0.25, -0.2) is 4.98 Å². The minimum absolute atomic E-state index is 0.0803. The summed E-state index contributed by atoms with van der Waals surface area (Å²) in [5, 5.41) is 12.1. The van der Waals surface area contributed by atoms with E-state index in [1.54, 1.807) is 6.07 Å². The summed E-state index contributed by atoms with van der Waals surface area (Å²) in [4.78, 5) is 16.2. The van der Waals surface area contributed by atoms with Crippen molar-refractivity contribution in [3.05, 3.63) is 68.0 Å². The van der Waals surface area contributed by atoms with Gasteiger partial charge in [-0.3, -0.25) is 4.79 Å². The number of thiazole rings is 1. The maximum Gasteiger partial charge on any atom is 0.227 e. The van der Waals surface area contributed by atoms with Gasteiger partial charge in [-0.05, 0) is 6.07 Å². The summed E-state index contributed by atoms with van der Waals surface area (Å²) in [6.07, 6.45) is 1.19. The number of aliphatic hydroxyl groups excluding tert-OH is 1. The molecule has 0 aliphatic carbocycles. The fraction of sp³-hybridized carbons (Fsp3) is 0.125. The number of ether oxygens (including phenoxy) is 1. The second kappa shape index (κ2) is 6.95. The molecule has 0 aliphatic rings. The molecule has 0 saturated carbocycles. The van der Waals surface area contributed by atoms with Gasteiger partial charge in [-0.2, -0.15) is 0 Å². The molecule has 2 heterocycles. The van der Waals surface area contributed by atoms with Crippen molar-refractivity contribution in [3.8, 4) is 17.0 Å². The lowest BCUT2D eigenvalue weighted by molar-refractivity contribution is 0.236. The van der Waals surface area contributed by atoms with E-state index in [2.05, 4.69) is 4.98 Å². The second-order valence-electron chi connectivity index (χ2n) is 4.63. The van der Waals surface area contributed by atoms with E-state index in [1.807, 2.05) is 23.6 Å². The number of nitrogens with zero attached hydrogens (tertiary/aromatic N) is 1. The Morgan fingerprint density at radius 2 is 2.17 bits per heavy atom. The van der Waals surface area contributed by atoms with Crippen LogP contribution in [0.4, 0.5) is 0 Å². The van der Waals surface area contributed by atoms with Crippen LogP contribution in [0.3, 0.4) is 0 Å². The molecule has 0 aliphatic heterocycles. The van der Waals surface area contributed by atoms with Crippen LogP contribution in [0.1, 0.15) is 10.8 Å². The number of rotatable bonds is 5. The van der Waals surface area contributed by atoms with Crippen LogP contribution in [-0.2, 0) is 13.2 Å². The zero-order valence-corrected chi connectivity index (χ0v) is 13.4. The normalized spacial score (nSPS) is 10.7. The Balaban J connectivity index is 1.73. The Kier molecular flexibility index (Phi) is 4.76. The van der Waals surface area contributed by atoms with Gasteiger partial charge in [-0.15, -0.1) is 11.3 Å². The van der Waals surface area contributed by atoms with Crippen LogP contribution in [0.25, 0.3) is 11.3 Å². The van der Waals surface area contributed by atoms with Crippen molar-refractivity contribution >= 4 is 22.9 Å². The van der Waals surface area contributed by atoms with Crippen LogP contribution in [0, 0.1) is 0 Å². The van der Waals surface area contributed by atoms with Crippen molar-refractivity contribution in [3.63, 3.8) is 0 Å². The third kappa shape index (κ3) is 3.61. The van der Waals surface area contributed by atoms with E-state index in [0.29, 0.717) is 10.0 Å². The van der Waals surface area contributed by atoms with E-state index in [0.717, 1.165) is 11.3 Å². The van der Waals surface area contributed by atoms with E-state index in [1.165, 1.54) is 23.7 Å². The molecule has 23 heavy (non-hydrogen) atoms. The number of hydrogen-bond acceptors (Lipinski definition) is 6. The van der Waals surface area contributed by atoms with Crippen LogP contribution in [-0.4, -0.2) is 10.1 Å². The summed E-state index contributed by atoms with van der Waals surface area (Å²) in [6, 6.07) is 8.65. The lowest BCUT2D eigenvalue weighted by Crippen LogP contribution is -2.07. The van der Waals surface area contributed by atoms with Crippen LogP contribution in [0.2, 0.25) is 5.02 Å². The molecule has 0 fully saturated rings. The number of benzene rings is 1. The highest BCUT2D eigenvalue weighted by Crippen LogP contribution is 2.28. The molecule has 3 rings (SSSR count). The van der Waals surface area contributed by atoms with Gasteiger partial charge in [-0.1, -0.05) is 29.8 Å². The number of aliphatic hydroxyl groups is 1. The molecule has 0 unspecified atom stereocenters. The molecule has 118 valence electrons. The molecule has 3 aromatic rings. The van der Waals surface area contributed by atoms with Gasteiger partial charge in [0.15, 0.2) is 0 Å². The van der Waals surface area contributed by atoms with Crippen LogP contribution in [0.15, 0.2) is 51.2 Å². The third-order valence-corrected chi connectivity index (χ3v) is 4.21. The smallest absolute Gasteiger partial charge is 0.227 e. The Morgan fingerprint density at radius 3 is 2.91 bits per heavy atom. The van der Waals surface area contributed by atoms with E-state index < -0.39 is 0 Å². The summed E-state index contributed by atoms with van der Waals surface area (Å²) in [5.41, 5.74) is 1.27. The minimum Gasteiger partial charge on any atom is -0.479 e. The fourth-order valence-corrected chi connectivity index (χ4v) is 2.87. The Labute approximate surface area is 140 Å². The van der Waals surface area contributed by atoms with Crippen molar-refractivity contribution < 1.29 is 14.3 Å². The van der Waals surface area contributed by atoms with Gasteiger partial charge in [0.25, 0.3) is 0 Å². The molecule has 2 aromatic heterocycles. The molecule has 0 atom stereocenters. The van der Waals surface area contributed by atoms with Crippen LogP contribution >= 0.6 is 22.9 Å². The number of hydrogen-bond donors (Lipinski definition) is 1. The van der Waals surface area contributed by atoms with Crippen molar-refractivity contribution in [1.29, 1.82) is 0 Å². The number of aromatic nitrogens is 1. The average molecular weight is 350 g/mol. The third-order valence-electron chi connectivity index (χ3n) is 3.06. The highest BCUT2D eigenvalue weighted by molar-refractivity contribution is 7.09. The van der Waals surface area contributed by atoms with E-state index in [9.17, 15) is 4.79 Å². The summed E-state index contributed by atoms with van der Waals surface area (Å²) < 4.78 is 10.5. The standard InChI is InChI=1S/C16H12ClNO4S/c17-12-4-2-1-3-11(12)13-9-23-16(18-13)8-22-15-7-21-10(6-19)5-14(15)20/h1-5,7,9,19H,6,8H2. The molecule has 0 amide bonds. The molecule has 0 radical (unpaired) electrons. The molecular formula is C16H12ClNO4S. The zero-order valence-electron chi connectivity index (χ0n) is 11.9. The average Bonchev–Trinajstić information content (AvgIpc) is 3.02. The highest BCUT2D eigenvalue weighted by Gasteiger charge is 2.10. The van der Waals surface area contributed by atoms with Gasteiger partial charge in [0, 0.05) is 22.0 Å². The van der Waals surface area contributed by atoms with E-state index in [4.69, 9.17) is 25.9 Å². The second-order valence-corrected chi connectivity index (χ2v) is 5.98. The first-order chi connectivity index (χ1) is 11.2. The summed E-state index contributed by atoms with van der Waals surface area (Å²) in [6.45, 7) is -0.179. The lowest BCUT2D eigenvalue weighted by Gasteiger charge is -2.03. The Morgan fingerprint density at radius 1 is 1.35 bits per heavy atom. The molecular weight excluding hydrogens is 338 g/mol. The maximum atomic E-state index is 11.8. The SMILES string of the molecule is O=c1cc(CO)occ1OCc1nc(-c2ccccc2Cl)cs1. The van der Waals surface area contributed by atoms with Crippen molar-refractivity contribution in [2.24, 2.45) is 0 Å². The monoisotopic (exact) mass is 349 g/mol. The predicted octanol–water partition coefficient (Wildman–Crippen LogP) is 3.49. The van der Waals surface area contributed by atoms with Gasteiger partial charge >= 0.3 is 0 Å². The van der Waals surface area contributed by atoms with Gasteiger partial charge in [0.2, 0.25) is 11.2 Å². The van der Waals surface area contributed by atoms with Crippen molar-refractivity contribution in [1.82, 2.24) is 4.98 Å². The molecule has 1 aromatic carbocycles. The van der Waals surface area contributed by atoms with Crippen LogP contribution < -0.4 is 10.2 Å². The summed E-state index contributed by atoms with van der Waals surface area (Å²) in [7, 11) is 0. The first-order valence-corrected chi connectivity index (χ1v) is 7.98. The summed E-state index contributed by atoms with van der Waals surface area (Å²) >= 11 is 7.57. The maximum absolute atomic E-state index is 11.8. The predicted molar refractivity (Wildman–Crippen MR) is 87.8 cm³/mol. The first-order valence-electron chi connectivity index (χ1n) is 6.72. The molecule has 7 heteroatoms. The number of halogens is 1. The lowest BCUT2D eigenvalue weighted by atomic mass is 10.2. The Hall–Kier alpha value is -2.15. The Bertz CT molecular complexity index is 874. The van der Waals surface area contributed by atoms with E-state index in [-0.39, 0.29) is 30.2 Å². The quantitative estimate of drug-likeness (QED) is 0.763. The van der Waals surface area contributed by atoms with Gasteiger partial charge < -0.3 is 14.3 Å². The van der Waals surface area contributed by atoms with Crippen LogP contribution in [0.5, 0.6) is 5.75 Å².